The van der Waals surface area contributed by atoms with Crippen LogP contribution in [0.25, 0.3) is 0 Å². The van der Waals surface area contributed by atoms with E-state index < -0.39 is 0 Å². The molecule has 1 aromatic carbocycles. The summed E-state index contributed by atoms with van der Waals surface area (Å²) < 4.78 is 0. The van der Waals surface area contributed by atoms with Crippen LogP contribution in [0.4, 0.5) is 0 Å². The summed E-state index contributed by atoms with van der Waals surface area (Å²) >= 11 is 12.5. The highest BCUT2D eigenvalue weighted by Gasteiger charge is 2.09. The number of carbonyl (C=O) groups is 1. The van der Waals surface area contributed by atoms with Crippen molar-refractivity contribution < 1.29 is 4.79 Å². The van der Waals surface area contributed by atoms with Gasteiger partial charge in [-0.1, -0.05) is 55.6 Å². The highest BCUT2D eigenvalue weighted by molar-refractivity contribution is 9.09. The zero-order chi connectivity index (χ0) is 10.6. The Morgan fingerprint density at radius 3 is 2.64 bits per heavy atom. The summed E-state index contributed by atoms with van der Waals surface area (Å²) in [5.74, 6) is 0.139. The van der Waals surface area contributed by atoms with E-state index >= 15 is 0 Å². The zero-order valence-electron chi connectivity index (χ0n) is 7.40. The first kappa shape index (κ1) is 12.2. The second-order valence-electron chi connectivity index (χ2n) is 2.86. The molecule has 0 bridgehead atoms. The second kappa shape index (κ2) is 5.89. The molecule has 0 heterocycles. The van der Waals surface area contributed by atoms with Crippen LogP contribution in [0.15, 0.2) is 18.2 Å². The molecule has 0 fully saturated rings. The molecule has 0 saturated carbocycles. The van der Waals surface area contributed by atoms with Crippen molar-refractivity contribution in [3.05, 3.63) is 34.3 Å². The maximum atomic E-state index is 11.3. The van der Waals surface area contributed by atoms with Gasteiger partial charge < -0.3 is 0 Å². The van der Waals surface area contributed by atoms with Gasteiger partial charge in [-0.05, 0) is 17.2 Å². The lowest BCUT2D eigenvalue weighted by Gasteiger charge is -2.07. The van der Waals surface area contributed by atoms with Gasteiger partial charge in [-0.2, -0.15) is 0 Å². The molecule has 14 heavy (non-hydrogen) atoms. The Labute approximate surface area is 105 Å². The Morgan fingerprint density at radius 2 is 2.07 bits per heavy atom. The molecular weight excluding hydrogens is 331 g/mol. The third-order valence-corrected chi connectivity index (χ3v) is 3.47. The molecule has 0 radical (unpaired) electrons. The molecule has 1 aromatic rings. The number of benzene rings is 1. The predicted molar refractivity (Wildman–Crippen MR) is 66.6 cm³/mol. The van der Waals surface area contributed by atoms with Crippen molar-refractivity contribution in [1.82, 2.24) is 0 Å². The van der Waals surface area contributed by atoms with E-state index in [4.69, 9.17) is 11.6 Å². The number of Topliss-reactive ketones (excluding diaryl/α,β-unsaturated/α-hetero) is 1. The summed E-state index contributed by atoms with van der Waals surface area (Å²) in [7, 11) is 0. The van der Waals surface area contributed by atoms with Gasteiger partial charge in [0.2, 0.25) is 0 Å². The lowest BCUT2D eigenvalue weighted by atomic mass is 10.0. The van der Waals surface area contributed by atoms with Crippen LogP contribution < -0.4 is 0 Å². The molecule has 0 spiro atoms. The maximum absolute atomic E-state index is 11.3. The lowest BCUT2D eigenvalue weighted by molar-refractivity contribution is -0.115. The van der Waals surface area contributed by atoms with Gasteiger partial charge in [0.05, 0.1) is 5.33 Å². The summed E-state index contributed by atoms with van der Waals surface area (Å²) in [6.45, 7) is 0. The van der Waals surface area contributed by atoms with E-state index in [-0.39, 0.29) is 5.78 Å². The van der Waals surface area contributed by atoms with E-state index in [2.05, 4.69) is 31.9 Å². The molecule has 0 amide bonds. The van der Waals surface area contributed by atoms with Crippen molar-refractivity contribution in [2.75, 3.05) is 5.33 Å². The van der Waals surface area contributed by atoms with E-state index in [1.54, 1.807) is 0 Å². The molecule has 4 heteroatoms. The maximum Gasteiger partial charge on any atom is 0.147 e. The van der Waals surface area contributed by atoms with E-state index in [0.717, 1.165) is 16.5 Å². The van der Waals surface area contributed by atoms with E-state index in [0.29, 0.717) is 16.8 Å². The van der Waals surface area contributed by atoms with Crippen molar-refractivity contribution in [2.45, 2.75) is 11.8 Å². The summed E-state index contributed by atoms with van der Waals surface area (Å²) in [6, 6.07) is 5.67. The summed E-state index contributed by atoms with van der Waals surface area (Å²) in [5, 5.41) is 1.76. The SMILES string of the molecule is O=C(CBr)Cc1c(Cl)cccc1CBr. The minimum absolute atomic E-state index is 0.139. The van der Waals surface area contributed by atoms with Crippen LogP contribution in [0.3, 0.4) is 0 Å². The molecule has 0 N–H and O–H groups in total. The minimum Gasteiger partial charge on any atom is -0.298 e. The fourth-order valence-corrected chi connectivity index (χ4v) is 2.16. The predicted octanol–water partition coefficient (Wildman–Crippen LogP) is 3.74. The monoisotopic (exact) mass is 338 g/mol. The Kier molecular flexibility index (Phi) is 5.13. The van der Waals surface area contributed by atoms with Gasteiger partial charge in [-0.15, -0.1) is 0 Å². The third-order valence-electron chi connectivity index (χ3n) is 1.88. The quantitative estimate of drug-likeness (QED) is 0.763. The van der Waals surface area contributed by atoms with Crippen molar-refractivity contribution in [3.63, 3.8) is 0 Å². The fourth-order valence-electron chi connectivity index (χ4n) is 1.17. The van der Waals surface area contributed by atoms with Crippen LogP contribution in [0.1, 0.15) is 11.1 Å². The first-order chi connectivity index (χ1) is 6.69. The topological polar surface area (TPSA) is 17.1 Å². The average Bonchev–Trinajstić information content (AvgIpc) is 2.20. The van der Waals surface area contributed by atoms with Gasteiger partial charge in [0, 0.05) is 16.8 Å². The molecule has 0 aliphatic heterocycles. The first-order valence-electron chi connectivity index (χ1n) is 4.09. The number of hydrogen-bond acceptors (Lipinski definition) is 1. The van der Waals surface area contributed by atoms with E-state index in [1.807, 2.05) is 18.2 Å². The number of ketones is 1. The highest BCUT2D eigenvalue weighted by atomic mass is 79.9. The average molecular weight is 340 g/mol. The Hall–Kier alpha value is 0.140. The third kappa shape index (κ3) is 3.07. The lowest BCUT2D eigenvalue weighted by Crippen LogP contribution is -2.06. The first-order valence-corrected chi connectivity index (χ1v) is 6.71. The van der Waals surface area contributed by atoms with Crippen LogP contribution in [0.5, 0.6) is 0 Å². The molecule has 0 aliphatic carbocycles. The normalized spacial score (nSPS) is 10.2. The zero-order valence-corrected chi connectivity index (χ0v) is 11.3. The van der Waals surface area contributed by atoms with E-state index in [1.165, 1.54) is 0 Å². The van der Waals surface area contributed by atoms with Crippen LogP contribution in [-0.2, 0) is 16.5 Å². The number of carbonyl (C=O) groups excluding carboxylic acids is 1. The second-order valence-corrected chi connectivity index (χ2v) is 4.39. The molecule has 0 unspecified atom stereocenters. The van der Waals surface area contributed by atoms with Gasteiger partial charge in [0.1, 0.15) is 5.78 Å². The highest BCUT2D eigenvalue weighted by Crippen LogP contribution is 2.22. The Bertz CT molecular complexity index is 339. The Morgan fingerprint density at radius 1 is 1.36 bits per heavy atom. The molecule has 1 nitrogen and oxygen atoms in total. The van der Waals surface area contributed by atoms with Gasteiger partial charge in [-0.3, -0.25) is 4.79 Å². The molecule has 76 valence electrons. The molecular formula is C10H9Br2ClO. The summed E-state index contributed by atoms with van der Waals surface area (Å²) in [6.07, 6.45) is 0.395. The van der Waals surface area contributed by atoms with Crippen molar-refractivity contribution in [1.29, 1.82) is 0 Å². The molecule has 0 aromatic heterocycles. The smallest absolute Gasteiger partial charge is 0.147 e. The van der Waals surface area contributed by atoms with Crippen molar-refractivity contribution in [2.24, 2.45) is 0 Å². The van der Waals surface area contributed by atoms with Crippen LogP contribution >= 0.6 is 43.5 Å². The van der Waals surface area contributed by atoms with Gasteiger partial charge in [-0.25, -0.2) is 0 Å². The van der Waals surface area contributed by atoms with Gasteiger partial charge in [0.25, 0.3) is 0 Å². The Balaban J connectivity index is 2.98. The number of halogens is 3. The molecule has 1 rings (SSSR count). The largest absolute Gasteiger partial charge is 0.298 e. The fraction of sp³-hybridized carbons (Fsp3) is 0.300. The minimum atomic E-state index is 0.139. The van der Waals surface area contributed by atoms with Crippen molar-refractivity contribution in [3.8, 4) is 0 Å². The van der Waals surface area contributed by atoms with Crippen molar-refractivity contribution >= 4 is 49.2 Å². The summed E-state index contributed by atoms with van der Waals surface area (Å²) in [5.41, 5.74) is 2.00. The number of rotatable bonds is 4. The standard InChI is InChI=1S/C10H9Br2ClO/c11-5-7-2-1-3-10(13)9(7)4-8(14)6-12/h1-3H,4-6H2. The number of hydrogen-bond donors (Lipinski definition) is 0. The van der Waals surface area contributed by atoms with Crippen LogP contribution in [-0.4, -0.2) is 11.1 Å². The number of alkyl halides is 2. The van der Waals surface area contributed by atoms with Crippen LogP contribution in [0, 0.1) is 0 Å². The molecule has 0 aliphatic rings. The van der Waals surface area contributed by atoms with E-state index in [9.17, 15) is 4.79 Å². The van der Waals surface area contributed by atoms with Crippen LogP contribution in [0.2, 0.25) is 5.02 Å². The molecule has 0 atom stereocenters. The molecule has 0 saturated heterocycles. The van der Waals surface area contributed by atoms with Gasteiger partial charge in [0.15, 0.2) is 0 Å². The van der Waals surface area contributed by atoms with Gasteiger partial charge >= 0.3 is 0 Å². The summed E-state index contributed by atoms with van der Waals surface area (Å²) in [4.78, 5) is 11.3.